The number of hydrogen-bond donors (Lipinski definition) is 2. The van der Waals surface area contributed by atoms with Gasteiger partial charge in [0.25, 0.3) is 0 Å². The molecular weight excluding hydrogens is 234 g/mol. The first kappa shape index (κ1) is 13.1. The third-order valence-corrected chi connectivity index (χ3v) is 4.64. The summed E-state index contributed by atoms with van der Waals surface area (Å²) in [7, 11) is 2.23. The van der Waals surface area contributed by atoms with Gasteiger partial charge < -0.3 is 16.0 Å². The number of fused-ring (bicyclic) bond motifs is 1. The summed E-state index contributed by atoms with van der Waals surface area (Å²) in [4.78, 5) is 2.45. The Morgan fingerprint density at radius 2 is 2.11 bits per heavy atom. The Hall–Kier alpha value is -0.900. The number of piperidine rings is 1. The maximum atomic E-state index is 6.22. The molecule has 19 heavy (non-hydrogen) atoms. The summed E-state index contributed by atoms with van der Waals surface area (Å²) in [6.07, 6.45) is 3.74. The van der Waals surface area contributed by atoms with Crippen molar-refractivity contribution in [1.82, 2.24) is 10.2 Å². The molecule has 3 heteroatoms. The van der Waals surface area contributed by atoms with Crippen molar-refractivity contribution in [3.05, 3.63) is 35.4 Å². The summed E-state index contributed by atoms with van der Waals surface area (Å²) < 4.78 is 0. The van der Waals surface area contributed by atoms with Gasteiger partial charge >= 0.3 is 0 Å². The Labute approximate surface area is 116 Å². The smallest absolute Gasteiger partial charge is 0.0341 e. The molecule has 0 spiro atoms. The van der Waals surface area contributed by atoms with Crippen molar-refractivity contribution in [3.63, 3.8) is 0 Å². The van der Waals surface area contributed by atoms with E-state index in [0.717, 1.165) is 18.9 Å². The molecule has 3 nitrogen and oxygen atoms in total. The lowest BCUT2D eigenvalue weighted by molar-refractivity contribution is 0.202. The zero-order chi connectivity index (χ0) is 13.2. The number of likely N-dealkylation sites (tertiary alicyclic amines) is 1. The van der Waals surface area contributed by atoms with E-state index in [4.69, 9.17) is 5.73 Å². The molecule has 1 saturated heterocycles. The van der Waals surface area contributed by atoms with Crippen LogP contribution in [-0.2, 0) is 0 Å². The normalized spacial score (nSPS) is 31.4. The topological polar surface area (TPSA) is 41.3 Å². The van der Waals surface area contributed by atoms with Gasteiger partial charge in [-0.3, -0.25) is 0 Å². The molecule has 1 fully saturated rings. The van der Waals surface area contributed by atoms with Crippen LogP contribution in [-0.4, -0.2) is 31.6 Å². The molecule has 1 aliphatic heterocycles. The molecule has 1 aliphatic carbocycles. The summed E-state index contributed by atoms with van der Waals surface area (Å²) in [6.45, 7) is 3.61. The summed E-state index contributed by atoms with van der Waals surface area (Å²) in [5, 5.41) is 3.75. The molecule has 104 valence electrons. The fourth-order valence-corrected chi connectivity index (χ4v) is 3.62. The maximum absolute atomic E-state index is 6.22. The van der Waals surface area contributed by atoms with Gasteiger partial charge in [-0.15, -0.1) is 0 Å². The Morgan fingerprint density at radius 1 is 1.32 bits per heavy atom. The van der Waals surface area contributed by atoms with Crippen LogP contribution in [0.5, 0.6) is 0 Å². The minimum Gasteiger partial charge on any atom is -0.324 e. The highest BCUT2D eigenvalue weighted by Crippen LogP contribution is 2.37. The minimum atomic E-state index is 0.211. The second-order valence-electron chi connectivity index (χ2n) is 6.20. The highest BCUT2D eigenvalue weighted by molar-refractivity contribution is 5.37. The van der Waals surface area contributed by atoms with E-state index in [0.29, 0.717) is 6.04 Å². The second-order valence-corrected chi connectivity index (χ2v) is 6.20. The van der Waals surface area contributed by atoms with Crippen LogP contribution in [0.3, 0.4) is 0 Å². The van der Waals surface area contributed by atoms with Crippen LogP contribution >= 0.6 is 0 Å². The second kappa shape index (κ2) is 5.61. The predicted molar refractivity (Wildman–Crippen MR) is 79.0 cm³/mol. The SMILES string of the molecule is CN1CCCC(CNC2CC(N)c3ccccc32)C1. The van der Waals surface area contributed by atoms with Crippen LogP contribution in [0.2, 0.25) is 0 Å². The number of nitrogens with one attached hydrogen (secondary N) is 1. The van der Waals surface area contributed by atoms with E-state index >= 15 is 0 Å². The Balaban J connectivity index is 1.59. The average molecular weight is 259 g/mol. The third-order valence-electron chi connectivity index (χ3n) is 4.64. The molecule has 1 heterocycles. The number of nitrogens with two attached hydrogens (primary N) is 1. The predicted octanol–water partition coefficient (Wildman–Crippen LogP) is 2.06. The van der Waals surface area contributed by atoms with Gasteiger partial charge in [-0.05, 0) is 56.4 Å². The van der Waals surface area contributed by atoms with Crippen molar-refractivity contribution >= 4 is 0 Å². The lowest BCUT2D eigenvalue weighted by Gasteiger charge is -2.30. The van der Waals surface area contributed by atoms with Crippen molar-refractivity contribution in [2.24, 2.45) is 11.7 Å². The van der Waals surface area contributed by atoms with Gasteiger partial charge in [0.2, 0.25) is 0 Å². The lowest BCUT2D eigenvalue weighted by atomic mass is 9.97. The molecule has 1 aromatic carbocycles. The Bertz CT molecular complexity index is 432. The first-order chi connectivity index (χ1) is 9.24. The fraction of sp³-hybridized carbons (Fsp3) is 0.625. The van der Waals surface area contributed by atoms with Crippen molar-refractivity contribution in [2.45, 2.75) is 31.3 Å². The van der Waals surface area contributed by atoms with Crippen molar-refractivity contribution in [2.75, 3.05) is 26.7 Å². The standard InChI is InChI=1S/C16H25N3/c1-19-8-4-5-12(11-19)10-18-16-9-15(17)13-6-2-3-7-14(13)16/h2-3,6-7,12,15-16,18H,4-5,8-11,17H2,1H3. The van der Waals surface area contributed by atoms with Gasteiger partial charge in [0.05, 0.1) is 0 Å². The number of rotatable bonds is 3. The molecule has 3 rings (SSSR count). The van der Waals surface area contributed by atoms with Crippen LogP contribution in [0.4, 0.5) is 0 Å². The number of benzene rings is 1. The first-order valence-electron chi connectivity index (χ1n) is 7.50. The van der Waals surface area contributed by atoms with Gasteiger partial charge in [-0.2, -0.15) is 0 Å². The molecule has 0 amide bonds. The molecule has 1 aromatic rings. The Kier molecular flexibility index (Phi) is 3.87. The van der Waals surface area contributed by atoms with Crippen molar-refractivity contribution in [1.29, 1.82) is 0 Å². The van der Waals surface area contributed by atoms with E-state index in [-0.39, 0.29) is 6.04 Å². The highest BCUT2D eigenvalue weighted by atomic mass is 15.1. The molecule has 0 saturated carbocycles. The van der Waals surface area contributed by atoms with Crippen LogP contribution in [0.25, 0.3) is 0 Å². The Morgan fingerprint density at radius 3 is 2.89 bits per heavy atom. The third kappa shape index (κ3) is 2.83. The molecule has 0 aromatic heterocycles. The molecule has 2 aliphatic rings. The van der Waals surface area contributed by atoms with Gasteiger partial charge in [0.1, 0.15) is 0 Å². The zero-order valence-corrected chi connectivity index (χ0v) is 11.8. The van der Waals surface area contributed by atoms with Crippen LogP contribution in [0, 0.1) is 5.92 Å². The molecule has 0 radical (unpaired) electrons. The van der Waals surface area contributed by atoms with E-state index in [1.54, 1.807) is 0 Å². The monoisotopic (exact) mass is 259 g/mol. The van der Waals surface area contributed by atoms with Gasteiger partial charge in [-0.1, -0.05) is 24.3 Å². The van der Waals surface area contributed by atoms with Crippen molar-refractivity contribution in [3.8, 4) is 0 Å². The van der Waals surface area contributed by atoms with E-state index in [2.05, 4.69) is 41.5 Å². The summed E-state index contributed by atoms with van der Waals surface area (Å²) in [5.74, 6) is 0.794. The lowest BCUT2D eigenvalue weighted by Crippen LogP contribution is -2.38. The first-order valence-corrected chi connectivity index (χ1v) is 7.50. The maximum Gasteiger partial charge on any atom is 0.0341 e. The summed E-state index contributed by atoms with van der Waals surface area (Å²) in [6, 6.07) is 9.29. The zero-order valence-electron chi connectivity index (χ0n) is 11.8. The molecule has 3 atom stereocenters. The van der Waals surface area contributed by atoms with Crippen LogP contribution in [0.1, 0.15) is 42.5 Å². The molecule has 0 bridgehead atoms. The van der Waals surface area contributed by atoms with Crippen LogP contribution < -0.4 is 11.1 Å². The number of nitrogens with zero attached hydrogens (tertiary/aromatic N) is 1. The highest BCUT2D eigenvalue weighted by Gasteiger charge is 2.28. The summed E-state index contributed by atoms with van der Waals surface area (Å²) in [5.41, 5.74) is 8.97. The largest absolute Gasteiger partial charge is 0.324 e. The van der Waals surface area contributed by atoms with E-state index < -0.39 is 0 Å². The average Bonchev–Trinajstić information content (AvgIpc) is 2.74. The van der Waals surface area contributed by atoms with E-state index in [1.807, 2.05) is 0 Å². The van der Waals surface area contributed by atoms with Crippen LogP contribution in [0.15, 0.2) is 24.3 Å². The van der Waals surface area contributed by atoms with Gasteiger partial charge in [-0.25, -0.2) is 0 Å². The van der Waals surface area contributed by atoms with Gasteiger partial charge in [0, 0.05) is 18.6 Å². The van der Waals surface area contributed by atoms with E-state index in [9.17, 15) is 0 Å². The quantitative estimate of drug-likeness (QED) is 0.873. The number of hydrogen-bond acceptors (Lipinski definition) is 3. The minimum absolute atomic E-state index is 0.211. The van der Waals surface area contributed by atoms with Gasteiger partial charge in [0.15, 0.2) is 0 Å². The fourth-order valence-electron chi connectivity index (χ4n) is 3.62. The molecule has 3 N–H and O–H groups in total. The van der Waals surface area contributed by atoms with E-state index in [1.165, 1.54) is 37.1 Å². The summed E-state index contributed by atoms with van der Waals surface area (Å²) >= 11 is 0. The molecule has 3 unspecified atom stereocenters. The molecular formula is C16H25N3. The van der Waals surface area contributed by atoms with Crippen molar-refractivity contribution < 1.29 is 0 Å².